The number of halogens is 4. The number of rotatable bonds is 3. The fourth-order valence-electron chi connectivity index (χ4n) is 3.96. The number of fused-ring (bicyclic) bond motifs is 2. The van der Waals surface area contributed by atoms with Gasteiger partial charge in [0.15, 0.2) is 0 Å². The van der Waals surface area contributed by atoms with Gasteiger partial charge >= 0.3 is 6.36 Å². The maximum Gasteiger partial charge on any atom is 0.573 e. The van der Waals surface area contributed by atoms with Crippen LogP contribution in [0.15, 0.2) is 71.6 Å². The minimum absolute atomic E-state index is 0.0695. The summed E-state index contributed by atoms with van der Waals surface area (Å²) in [5.74, 6) is -0.465. The van der Waals surface area contributed by atoms with Gasteiger partial charge in [0.05, 0.1) is 19.7 Å². The van der Waals surface area contributed by atoms with Crippen molar-refractivity contribution in [3.8, 4) is 16.9 Å². The van der Waals surface area contributed by atoms with Gasteiger partial charge in [0.2, 0.25) is 8.27 Å². The second kappa shape index (κ2) is 8.02. The van der Waals surface area contributed by atoms with Gasteiger partial charge in [0, 0.05) is 11.1 Å². The van der Waals surface area contributed by atoms with Crippen molar-refractivity contribution in [1.29, 1.82) is 0 Å². The largest absolute Gasteiger partial charge is 0.573 e. The smallest absolute Gasteiger partial charge is 0.405 e. The van der Waals surface area contributed by atoms with Crippen molar-refractivity contribution >= 4 is 44.6 Å². The molecule has 0 radical (unpaired) electrons. The van der Waals surface area contributed by atoms with E-state index in [4.69, 9.17) is 0 Å². The Balaban J connectivity index is 2.20. The zero-order valence-corrected chi connectivity index (χ0v) is 20.4. The zero-order chi connectivity index (χ0) is 24.2. The summed E-state index contributed by atoms with van der Waals surface area (Å²) in [5.41, 5.74) is 1.04. The van der Waals surface area contributed by atoms with Crippen LogP contribution in [0.25, 0.3) is 32.7 Å². The fourth-order valence-corrected chi connectivity index (χ4v) is 5.45. The van der Waals surface area contributed by atoms with E-state index in [1.54, 1.807) is 42.5 Å². The molecule has 0 N–H and O–H groups in total. The lowest BCUT2D eigenvalue weighted by atomic mass is 9.84. The van der Waals surface area contributed by atoms with Crippen molar-refractivity contribution in [3.63, 3.8) is 0 Å². The SMILES string of the molecule is CC(C)(C)c1ccc2c(-c3c(S(=O)(=O)Br)ccc4ccccc34)c(OC(F)(F)F)ccc2c1. The third-order valence-electron chi connectivity index (χ3n) is 5.48. The van der Waals surface area contributed by atoms with Gasteiger partial charge in [-0.15, -0.1) is 13.2 Å². The lowest BCUT2D eigenvalue weighted by molar-refractivity contribution is -0.274. The van der Waals surface area contributed by atoms with Crippen molar-refractivity contribution in [2.24, 2.45) is 0 Å². The first kappa shape index (κ1) is 23.6. The summed E-state index contributed by atoms with van der Waals surface area (Å²) in [5, 5.41) is 2.32. The van der Waals surface area contributed by atoms with Gasteiger partial charge in [0.1, 0.15) is 5.75 Å². The molecule has 0 heterocycles. The first-order chi connectivity index (χ1) is 15.3. The van der Waals surface area contributed by atoms with E-state index in [1.165, 1.54) is 12.1 Å². The van der Waals surface area contributed by atoms with Crippen LogP contribution in [0, 0.1) is 0 Å². The van der Waals surface area contributed by atoms with E-state index >= 15 is 0 Å². The summed E-state index contributed by atoms with van der Waals surface area (Å²) in [7, 11) is -3.96. The molecule has 0 saturated carbocycles. The van der Waals surface area contributed by atoms with E-state index in [-0.39, 0.29) is 21.4 Å². The van der Waals surface area contributed by atoms with Crippen LogP contribution < -0.4 is 4.74 Å². The quantitative estimate of drug-likeness (QED) is 0.249. The molecule has 0 unspecified atom stereocenters. The van der Waals surface area contributed by atoms with Crippen molar-refractivity contribution in [3.05, 3.63) is 72.3 Å². The second-order valence-corrected chi connectivity index (χ2v) is 12.6. The molecule has 0 spiro atoms. The Morgan fingerprint density at radius 3 is 2.06 bits per heavy atom. The van der Waals surface area contributed by atoms with Crippen LogP contribution in [0.1, 0.15) is 26.3 Å². The van der Waals surface area contributed by atoms with Crippen LogP contribution in [-0.2, 0) is 13.7 Å². The molecule has 0 aromatic heterocycles. The molecular weight excluding hydrogens is 517 g/mol. The molecule has 0 aliphatic carbocycles. The Hall–Kier alpha value is -2.58. The molecule has 0 aliphatic heterocycles. The zero-order valence-electron chi connectivity index (χ0n) is 18.0. The molecule has 33 heavy (non-hydrogen) atoms. The fraction of sp³-hybridized carbons (Fsp3) is 0.200. The second-order valence-electron chi connectivity index (χ2n) is 8.77. The maximum atomic E-state index is 13.4. The number of alkyl halides is 3. The van der Waals surface area contributed by atoms with Crippen molar-refractivity contribution in [2.75, 3.05) is 0 Å². The normalized spacial score (nSPS) is 12.9. The van der Waals surface area contributed by atoms with Gasteiger partial charge in [-0.3, -0.25) is 0 Å². The molecule has 8 heteroatoms. The third-order valence-corrected chi connectivity index (χ3v) is 7.39. The highest BCUT2D eigenvalue weighted by molar-refractivity contribution is 9.47. The maximum absolute atomic E-state index is 13.4. The van der Waals surface area contributed by atoms with E-state index < -0.39 is 20.4 Å². The van der Waals surface area contributed by atoms with E-state index in [1.807, 2.05) is 32.9 Å². The topological polar surface area (TPSA) is 43.4 Å². The van der Waals surface area contributed by atoms with E-state index in [2.05, 4.69) is 19.5 Å². The average Bonchev–Trinajstić information content (AvgIpc) is 2.70. The number of benzene rings is 4. The summed E-state index contributed by atoms with van der Waals surface area (Å²) in [6.45, 7) is 6.11. The predicted molar refractivity (Wildman–Crippen MR) is 128 cm³/mol. The molecule has 172 valence electrons. The lowest BCUT2D eigenvalue weighted by Gasteiger charge is -2.22. The Labute approximate surface area is 197 Å². The summed E-state index contributed by atoms with van der Waals surface area (Å²) in [6.07, 6.45) is -4.95. The Morgan fingerprint density at radius 2 is 1.42 bits per heavy atom. The molecule has 0 aliphatic rings. The highest BCUT2D eigenvalue weighted by Crippen LogP contribution is 2.46. The summed E-state index contributed by atoms with van der Waals surface area (Å²) < 4.78 is 69.8. The van der Waals surface area contributed by atoms with Crippen molar-refractivity contribution < 1.29 is 26.3 Å². The highest BCUT2D eigenvalue weighted by Gasteiger charge is 2.34. The average molecular weight is 537 g/mol. The minimum atomic E-state index is -4.95. The van der Waals surface area contributed by atoms with Gasteiger partial charge < -0.3 is 4.74 Å². The number of ether oxygens (including phenoxy) is 1. The van der Waals surface area contributed by atoms with E-state index in [0.717, 1.165) is 5.56 Å². The minimum Gasteiger partial charge on any atom is -0.405 e. The van der Waals surface area contributed by atoms with Crippen LogP contribution in [0.4, 0.5) is 13.2 Å². The summed E-state index contributed by atoms with van der Waals surface area (Å²) in [4.78, 5) is -0.138. The molecule has 3 nitrogen and oxygen atoms in total. The van der Waals surface area contributed by atoms with Gasteiger partial charge in [-0.1, -0.05) is 75.4 Å². The molecule has 0 fully saturated rings. The Kier molecular flexibility index (Phi) is 5.73. The van der Waals surface area contributed by atoms with Gasteiger partial charge in [-0.05, 0) is 44.7 Å². The van der Waals surface area contributed by atoms with Crippen LogP contribution in [0.2, 0.25) is 0 Å². The highest BCUT2D eigenvalue weighted by atomic mass is 79.9. The Morgan fingerprint density at radius 1 is 0.788 bits per heavy atom. The molecule has 0 saturated heterocycles. The first-order valence-corrected chi connectivity index (χ1v) is 13.4. The molecule has 4 rings (SSSR count). The Bertz CT molecular complexity index is 1490. The monoisotopic (exact) mass is 536 g/mol. The molecule has 4 aromatic carbocycles. The summed E-state index contributed by atoms with van der Waals surface area (Å²) >= 11 is 2.72. The molecule has 4 aromatic rings. The molecule has 0 bridgehead atoms. The standard InChI is InChI=1S/C25H20BrF3O3S/c1-24(2,3)17-10-11-19-16(14-17)8-12-20(32-25(27,28)29)22(19)23-18-7-5-4-6-15(18)9-13-21(23)33(26,30)31/h4-14H,1-3H3. The lowest BCUT2D eigenvalue weighted by Crippen LogP contribution is -2.18. The van der Waals surface area contributed by atoms with Crippen LogP contribution in [0.3, 0.4) is 0 Å². The molecule has 0 amide bonds. The predicted octanol–water partition coefficient (Wildman–Crippen LogP) is 7.94. The van der Waals surface area contributed by atoms with Gasteiger partial charge in [-0.2, -0.15) is 0 Å². The van der Waals surface area contributed by atoms with Crippen LogP contribution in [-0.4, -0.2) is 14.8 Å². The van der Waals surface area contributed by atoms with Crippen LogP contribution in [0.5, 0.6) is 5.75 Å². The third kappa shape index (κ3) is 4.73. The summed E-state index contributed by atoms with van der Waals surface area (Å²) in [6, 6.07) is 18.2. The van der Waals surface area contributed by atoms with Gasteiger partial charge in [-0.25, -0.2) is 8.42 Å². The molecule has 0 atom stereocenters. The van der Waals surface area contributed by atoms with Crippen molar-refractivity contribution in [1.82, 2.24) is 0 Å². The molecular formula is C25H20BrF3O3S. The van der Waals surface area contributed by atoms with Gasteiger partial charge in [0.25, 0.3) is 0 Å². The van der Waals surface area contributed by atoms with Crippen molar-refractivity contribution in [2.45, 2.75) is 37.4 Å². The van der Waals surface area contributed by atoms with E-state index in [9.17, 15) is 21.6 Å². The first-order valence-electron chi connectivity index (χ1n) is 10.1. The number of hydrogen-bond acceptors (Lipinski definition) is 3. The van der Waals surface area contributed by atoms with Crippen LogP contribution >= 0.6 is 14.8 Å². The number of hydrogen-bond donors (Lipinski definition) is 0. The van der Waals surface area contributed by atoms with E-state index in [0.29, 0.717) is 21.5 Å².